The Morgan fingerprint density at radius 1 is 1.35 bits per heavy atom. The van der Waals surface area contributed by atoms with Crippen molar-refractivity contribution in [3.05, 3.63) is 28.8 Å². The summed E-state index contributed by atoms with van der Waals surface area (Å²) in [7, 11) is 0. The van der Waals surface area contributed by atoms with Gasteiger partial charge in [0.25, 0.3) is 0 Å². The van der Waals surface area contributed by atoms with Gasteiger partial charge in [0.15, 0.2) is 0 Å². The number of hydrogen-bond donors (Lipinski definition) is 2. The van der Waals surface area contributed by atoms with Crippen molar-refractivity contribution in [3.8, 4) is 0 Å². The van der Waals surface area contributed by atoms with Crippen LogP contribution in [0.3, 0.4) is 0 Å². The minimum absolute atomic E-state index is 0.194. The molecule has 1 aliphatic carbocycles. The van der Waals surface area contributed by atoms with Crippen molar-refractivity contribution >= 4 is 23.3 Å². The summed E-state index contributed by atoms with van der Waals surface area (Å²) in [4.78, 5) is 10.8. The van der Waals surface area contributed by atoms with Crippen LogP contribution in [-0.2, 0) is 4.74 Å². The summed E-state index contributed by atoms with van der Waals surface area (Å²) in [5, 5.41) is 12.4. The number of halogens is 1. The second kappa shape index (κ2) is 7.50. The Hall–Kier alpha value is -1.26. The van der Waals surface area contributed by atoms with Gasteiger partial charge in [-0.1, -0.05) is 30.9 Å². The largest absolute Gasteiger partial charge is 0.478 e. The van der Waals surface area contributed by atoms with E-state index >= 15 is 0 Å². The quantitative estimate of drug-likeness (QED) is 0.784. The van der Waals surface area contributed by atoms with Crippen LogP contribution in [0.15, 0.2) is 18.2 Å². The zero-order chi connectivity index (χ0) is 14.4. The number of rotatable bonds is 6. The van der Waals surface area contributed by atoms with Crippen LogP contribution in [0, 0.1) is 0 Å². The maximum absolute atomic E-state index is 10.8. The standard InChI is InChI=1S/C15H20ClNO3/c16-13-10-11(15(18)19)6-7-14(13)17-8-9-20-12-4-2-1-3-5-12/h6-7,10,12,17H,1-5,8-9H2,(H,18,19). The molecule has 0 aliphatic heterocycles. The van der Waals surface area contributed by atoms with E-state index < -0.39 is 5.97 Å². The second-order valence-corrected chi connectivity index (χ2v) is 5.46. The van der Waals surface area contributed by atoms with Gasteiger partial charge in [0.1, 0.15) is 0 Å². The Labute approximate surface area is 124 Å². The first-order valence-electron chi connectivity index (χ1n) is 7.05. The summed E-state index contributed by atoms with van der Waals surface area (Å²) < 4.78 is 5.81. The molecule has 1 aromatic rings. The average Bonchev–Trinajstić information content (AvgIpc) is 2.46. The Balaban J connectivity index is 1.74. The highest BCUT2D eigenvalue weighted by molar-refractivity contribution is 6.33. The predicted molar refractivity (Wildman–Crippen MR) is 79.7 cm³/mol. The predicted octanol–water partition coefficient (Wildman–Crippen LogP) is 3.80. The third-order valence-electron chi connectivity index (χ3n) is 3.54. The fourth-order valence-electron chi connectivity index (χ4n) is 2.43. The van der Waals surface area contributed by atoms with E-state index in [1.165, 1.54) is 25.3 Å². The van der Waals surface area contributed by atoms with Crippen molar-refractivity contribution < 1.29 is 14.6 Å². The molecule has 0 radical (unpaired) electrons. The van der Waals surface area contributed by atoms with E-state index in [-0.39, 0.29) is 5.56 Å². The fraction of sp³-hybridized carbons (Fsp3) is 0.533. The molecule has 0 spiro atoms. The highest BCUT2D eigenvalue weighted by Crippen LogP contribution is 2.23. The molecule has 2 rings (SSSR count). The summed E-state index contributed by atoms with van der Waals surface area (Å²) in [6.45, 7) is 1.31. The Bertz CT molecular complexity index is 458. The highest BCUT2D eigenvalue weighted by atomic mass is 35.5. The highest BCUT2D eigenvalue weighted by Gasteiger charge is 2.13. The van der Waals surface area contributed by atoms with E-state index in [0.29, 0.717) is 24.3 Å². The molecule has 1 fully saturated rings. The minimum atomic E-state index is -0.973. The molecule has 1 aliphatic rings. The summed E-state index contributed by atoms with van der Waals surface area (Å²) in [5.41, 5.74) is 0.933. The van der Waals surface area contributed by atoms with Gasteiger partial charge in [0.2, 0.25) is 0 Å². The molecular weight excluding hydrogens is 278 g/mol. The van der Waals surface area contributed by atoms with Crippen molar-refractivity contribution in [2.45, 2.75) is 38.2 Å². The van der Waals surface area contributed by atoms with Crippen LogP contribution in [-0.4, -0.2) is 30.3 Å². The summed E-state index contributed by atoms with van der Waals surface area (Å²) in [6.07, 6.45) is 6.57. The average molecular weight is 298 g/mol. The van der Waals surface area contributed by atoms with Crippen LogP contribution in [0.25, 0.3) is 0 Å². The Morgan fingerprint density at radius 2 is 2.10 bits per heavy atom. The summed E-state index contributed by atoms with van der Waals surface area (Å²) in [5.74, 6) is -0.973. The molecule has 20 heavy (non-hydrogen) atoms. The van der Waals surface area contributed by atoms with Crippen LogP contribution in [0.4, 0.5) is 5.69 Å². The van der Waals surface area contributed by atoms with Crippen LogP contribution < -0.4 is 5.32 Å². The Morgan fingerprint density at radius 3 is 2.75 bits per heavy atom. The van der Waals surface area contributed by atoms with Crippen LogP contribution in [0.5, 0.6) is 0 Å². The van der Waals surface area contributed by atoms with E-state index in [4.69, 9.17) is 21.4 Å². The molecule has 0 amide bonds. The molecule has 0 saturated heterocycles. The van der Waals surface area contributed by atoms with E-state index in [9.17, 15) is 4.79 Å². The molecule has 0 bridgehead atoms. The fourth-order valence-corrected chi connectivity index (χ4v) is 2.68. The molecule has 110 valence electrons. The van der Waals surface area contributed by atoms with Crippen LogP contribution >= 0.6 is 11.6 Å². The zero-order valence-corrected chi connectivity index (χ0v) is 12.2. The van der Waals surface area contributed by atoms with Gasteiger partial charge in [-0.25, -0.2) is 4.79 Å². The van der Waals surface area contributed by atoms with Gasteiger partial charge in [-0.05, 0) is 31.0 Å². The molecule has 5 heteroatoms. The van der Waals surface area contributed by atoms with Crippen molar-refractivity contribution in [1.29, 1.82) is 0 Å². The molecule has 0 aromatic heterocycles. The molecule has 2 N–H and O–H groups in total. The number of anilines is 1. The minimum Gasteiger partial charge on any atom is -0.478 e. The van der Waals surface area contributed by atoms with Gasteiger partial charge < -0.3 is 15.2 Å². The number of benzene rings is 1. The monoisotopic (exact) mass is 297 g/mol. The third-order valence-corrected chi connectivity index (χ3v) is 3.85. The van der Waals surface area contributed by atoms with Crippen molar-refractivity contribution in [2.24, 2.45) is 0 Å². The second-order valence-electron chi connectivity index (χ2n) is 5.06. The number of carboxylic acid groups (broad SMARTS) is 1. The molecule has 1 aromatic carbocycles. The number of ether oxygens (including phenoxy) is 1. The topological polar surface area (TPSA) is 58.6 Å². The molecular formula is C15H20ClNO3. The van der Waals surface area contributed by atoms with Crippen molar-refractivity contribution in [2.75, 3.05) is 18.5 Å². The molecule has 4 nitrogen and oxygen atoms in total. The lowest BCUT2D eigenvalue weighted by molar-refractivity contribution is 0.0347. The van der Waals surface area contributed by atoms with Gasteiger partial charge in [0.05, 0.1) is 29.0 Å². The number of carbonyl (C=O) groups is 1. The van der Waals surface area contributed by atoms with Gasteiger partial charge in [-0.2, -0.15) is 0 Å². The van der Waals surface area contributed by atoms with E-state index in [2.05, 4.69) is 5.32 Å². The number of hydrogen-bond acceptors (Lipinski definition) is 3. The summed E-state index contributed by atoms with van der Waals surface area (Å²) >= 11 is 6.03. The third kappa shape index (κ3) is 4.39. The maximum atomic E-state index is 10.8. The number of carboxylic acids is 1. The van der Waals surface area contributed by atoms with Gasteiger partial charge in [0, 0.05) is 6.54 Å². The normalized spacial score (nSPS) is 16.1. The smallest absolute Gasteiger partial charge is 0.335 e. The molecule has 0 atom stereocenters. The van der Waals surface area contributed by atoms with E-state index in [0.717, 1.165) is 18.5 Å². The first-order chi connectivity index (χ1) is 9.66. The zero-order valence-electron chi connectivity index (χ0n) is 11.4. The van der Waals surface area contributed by atoms with E-state index in [1.54, 1.807) is 12.1 Å². The van der Waals surface area contributed by atoms with Crippen molar-refractivity contribution in [3.63, 3.8) is 0 Å². The van der Waals surface area contributed by atoms with Gasteiger partial charge in [-0.15, -0.1) is 0 Å². The maximum Gasteiger partial charge on any atom is 0.335 e. The molecule has 0 heterocycles. The van der Waals surface area contributed by atoms with Crippen LogP contribution in [0.1, 0.15) is 42.5 Å². The first kappa shape index (κ1) is 15.1. The lowest BCUT2D eigenvalue weighted by Gasteiger charge is -2.22. The van der Waals surface area contributed by atoms with E-state index in [1.807, 2.05) is 0 Å². The lowest BCUT2D eigenvalue weighted by Crippen LogP contribution is -2.20. The van der Waals surface area contributed by atoms with Crippen LogP contribution in [0.2, 0.25) is 5.02 Å². The molecule has 1 saturated carbocycles. The van der Waals surface area contributed by atoms with Crippen molar-refractivity contribution in [1.82, 2.24) is 0 Å². The summed E-state index contributed by atoms with van der Waals surface area (Å²) in [6, 6.07) is 4.68. The number of aromatic carboxylic acids is 1. The lowest BCUT2D eigenvalue weighted by atomic mass is 9.98. The Kier molecular flexibility index (Phi) is 5.68. The van der Waals surface area contributed by atoms with Gasteiger partial charge in [-0.3, -0.25) is 0 Å². The number of nitrogens with one attached hydrogen (secondary N) is 1. The van der Waals surface area contributed by atoms with Gasteiger partial charge >= 0.3 is 5.97 Å². The first-order valence-corrected chi connectivity index (χ1v) is 7.43. The molecule has 0 unspecified atom stereocenters. The SMILES string of the molecule is O=C(O)c1ccc(NCCOC2CCCCC2)c(Cl)c1.